The summed E-state index contributed by atoms with van der Waals surface area (Å²) in [5.74, 6) is -0.249. The van der Waals surface area contributed by atoms with Crippen LogP contribution in [0.5, 0.6) is 0 Å². The summed E-state index contributed by atoms with van der Waals surface area (Å²) in [5.41, 5.74) is 5.17. The van der Waals surface area contributed by atoms with E-state index < -0.39 is 5.31 Å². The number of aromatic nitrogens is 2. The summed E-state index contributed by atoms with van der Waals surface area (Å²) in [6.07, 6.45) is 4.77. The maximum atomic E-state index is 14.2. The van der Waals surface area contributed by atoms with Crippen molar-refractivity contribution in [1.82, 2.24) is 9.55 Å². The molecule has 5 heteroatoms. The fourth-order valence-corrected chi connectivity index (χ4v) is 13.6. The number of nitrogens with zero attached hydrogens (tertiary/aromatic N) is 2. The molecule has 2 nitrogen and oxygen atoms in total. The Morgan fingerprint density at radius 3 is 1.64 bits per heavy atom. The summed E-state index contributed by atoms with van der Waals surface area (Å²) in [6, 6.07) is 45.6. The third kappa shape index (κ3) is 4.83. The Hall–Kier alpha value is -3.85. The van der Waals surface area contributed by atoms with E-state index >= 15 is 0 Å². The van der Waals surface area contributed by atoms with E-state index in [4.69, 9.17) is 4.98 Å². The van der Waals surface area contributed by atoms with Gasteiger partial charge in [-0.3, -0.25) is 0 Å². The first-order valence-corrected chi connectivity index (χ1v) is 18.6. The SMILES string of the molecule is CC(C)n1cc(-c2ccccn2)c(-c2ccc(F)cc2)c1CP(Br)(c1ccccc1)(c1ccccc1)c1ccccc1. The maximum absolute atomic E-state index is 14.2. The molecule has 0 saturated carbocycles. The predicted molar refractivity (Wildman–Crippen MR) is 181 cm³/mol. The first-order chi connectivity index (χ1) is 20.4. The van der Waals surface area contributed by atoms with E-state index in [-0.39, 0.29) is 11.9 Å². The minimum absolute atomic E-state index is 0.181. The molecule has 0 aliphatic rings. The Morgan fingerprint density at radius 2 is 1.19 bits per heavy atom. The molecule has 6 rings (SSSR count). The molecular formula is C37H33BrFN2P. The van der Waals surface area contributed by atoms with Crippen molar-refractivity contribution in [3.05, 3.63) is 157 Å². The van der Waals surface area contributed by atoms with E-state index in [0.29, 0.717) is 6.16 Å². The van der Waals surface area contributed by atoms with Crippen molar-refractivity contribution in [2.45, 2.75) is 26.1 Å². The fraction of sp³-hybridized carbons (Fsp3) is 0.108. The van der Waals surface area contributed by atoms with Crippen molar-refractivity contribution in [3.63, 3.8) is 0 Å². The van der Waals surface area contributed by atoms with E-state index in [1.807, 2.05) is 30.5 Å². The van der Waals surface area contributed by atoms with Gasteiger partial charge in [-0.2, -0.15) is 0 Å². The minimum atomic E-state index is -3.34. The normalized spacial score (nSPS) is 12.6. The fourth-order valence-electron chi connectivity index (χ4n) is 6.06. The summed E-state index contributed by atoms with van der Waals surface area (Å²) in [6.45, 7) is 4.44. The van der Waals surface area contributed by atoms with E-state index in [0.717, 1.165) is 22.4 Å². The number of hydrogen-bond acceptors (Lipinski definition) is 1. The second-order valence-electron chi connectivity index (χ2n) is 10.9. The van der Waals surface area contributed by atoms with Crippen molar-refractivity contribution < 1.29 is 4.39 Å². The molecule has 0 aliphatic carbocycles. The number of hydrogen-bond donors (Lipinski definition) is 0. The van der Waals surface area contributed by atoms with Gasteiger partial charge in [-0.25, -0.2) is 0 Å². The van der Waals surface area contributed by atoms with Gasteiger partial charge >= 0.3 is 256 Å². The van der Waals surface area contributed by atoms with Crippen LogP contribution in [0.2, 0.25) is 0 Å². The van der Waals surface area contributed by atoms with Gasteiger partial charge < -0.3 is 0 Å². The summed E-state index contributed by atoms with van der Waals surface area (Å²) in [7, 11) is 0. The number of rotatable bonds is 8. The summed E-state index contributed by atoms with van der Waals surface area (Å²) >= 11 is 4.66. The number of halogens is 2. The van der Waals surface area contributed by atoms with Crippen LogP contribution in [-0.4, -0.2) is 9.55 Å². The van der Waals surface area contributed by atoms with Gasteiger partial charge in [0.2, 0.25) is 0 Å². The third-order valence-electron chi connectivity index (χ3n) is 8.10. The summed E-state index contributed by atoms with van der Waals surface area (Å²) in [5, 5.41) is 0.416. The van der Waals surface area contributed by atoms with Crippen LogP contribution in [0.15, 0.2) is 146 Å². The topological polar surface area (TPSA) is 17.8 Å². The molecule has 6 aromatic rings. The van der Waals surface area contributed by atoms with E-state index in [1.54, 1.807) is 12.1 Å². The van der Waals surface area contributed by atoms with Crippen LogP contribution < -0.4 is 15.9 Å². The standard InChI is InChI=1S/C37H33BrFN2P/c1-28(2)41-26-34(35-20-12-13-25-40-35)37(29-21-23-30(39)24-22-29)36(41)27-42(38,31-14-6-3-7-15-31,32-16-8-4-9-17-32)33-18-10-5-11-19-33/h3-26,28H,27H2,1-2H3. The quantitative estimate of drug-likeness (QED) is 0.153. The monoisotopic (exact) mass is 634 g/mol. The van der Waals surface area contributed by atoms with Crippen molar-refractivity contribution in [1.29, 1.82) is 0 Å². The molecule has 0 atom stereocenters. The van der Waals surface area contributed by atoms with Crippen molar-refractivity contribution in [3.8, 4) is 22.4 Å². The Labute approximate surface area is 255 Å². The van der Waals surface area contributed by atoms with E-state index in [9.17, 15) is 4.39 Å². The van der Waals surface area contributed by atoms with Gasteiger partial charge in [0.25, 0.3) is 0 Å². The molecule has 0 unspecified atom stereocenters. The van der Waals surface area contributed by atoms with Gasteiger partial charge in [0.1, 0.15) is 0 Å². The van der Waals surface area contributed by atoms with Crippen LogP contribution >= 0.6 is 20.8 Å². The van der Waals surface area contributed by atoms with Gasteiger partial charge in [-0.1, -0.05) is 0 Å². The van der Waals surface area contributed by atoms with Crippen molar-refractivity contribution >= 4 is 36.7 Å². The number of pyridine rings is 1. The van der Waals surface area contributed by atoms with Gasteiger partial charge in [0.15, 0.2) is 0 Å². The molecule has 0 amide bonds. The van der Waals surface area contributed by atoms with Crippen LogP contribution in [0.3, 0.4) is 0 Å². The molecule has 0 fully saturated rings. The molecule has 4 aromatic carbocycles. The average Bonchev–Trinajstić information content (AvgIpc) is 3.42. The summed E-state index contributed by atoms with van der Waals surface area (Å²) < 4.78 is 16.6. The molecule has 0 radical (unpaired) electrons. The first kappa shape index (κ1) is 28.3. The average molecular weight is 636 g/mol. The Bertz CT molecular complexity index is 1690. The van der Waals surface area contributed by atoms with Crippen LogP contribution in [0.25, 0.3) is 22.4 Å². The molecule has 0 spiro atoms. The third-order valence-corrected chi connectivity index (χ3v) is 17.6. The Balaban J connectivity index is 1.75. The zero-order chi connectivity index (χ0) is 29.2. The first-order valence-electron chi connectivity index (χ1n) is 14.2. The molecule has 0 aliphatic heterocycles. The second kappa shape index (κ2) is 11.4. The zero-order valence-electron chi connectivity index (χ0n) is 23.7. The van der Waals surface area contributed by atoms with Gasteiger partial charge in [0.05, 0.1) is 0 Å². The van der Waals surface area contributed by atoms with Crippen LogP contribution in [0.4, 0.5) is 4.39 Å². The molecular weight excluding hydrogens is 602 g/mol. The van der Waals surface area contributed by atoms with E-state index in [2.05, 4.69) is 137 Å². The number of benzene rings is 4. The van der Waals surface area contributed by atoms with Crippen molar-refractivity contribution in [2.75, 3.05) is 0 Å². The predicted octanol–water partition coefficient (Wildman–Crippen LogP) is 9.28. The molecule has 2 aromatic heterocycles. The molecule has 0 bridgehead atoms. The second-order valence-corrected chi connectivity index (χ2v) is 19.9. The zero-order valence-corrected chi connectivity index (χ0v) is 26.2. The summed E-state index contributed by atoms with van der Waals surface area (Å²) in [4.78, 5) is 4.77. The Morgan fingerprint density at radius 1 is 0.690 bits per heavy atom. The molecule has 0 saturated heterocycles. The van der Waals surface area contributed by atoms with Crippen LogP contribution in [0.1, 0.15) is 25.6 Å². The van der Waals surface area contributed by atoms with E-state index in [1.165, 1.54) is 21.6 Å². The molecule has 210 valence electrons. The van der Waals surface area contributed by atoms with Gasteiger partial charge in [-0.05, 0) is 0 Å². The van der Waals surface area contributed by atoms with Crippen LogP contribution in [0, 0.1) is 5.82 Å². The Kier molecular flexibility index (Phi) is 7.70. The van der Waals surface area contributed by atoms with Gasteiger partial charge in [0, 0.05) is 0 Å². The molecule has 42 heavy (non-hydrogen) atoms. The van der Waals surface area contributed by atoms with Gasteiger partial charge in [-0.15, -0.1) is 0 Å². The molecule has 0 N–H and O–H groups in total. The van der Waals surface area contributed by atoms with Crippen molar-refractivity contribution in [2.24, 2.45) is 0 Å². The van der Waals surface area contributed by atoms with Crippen LogP contribution in [-0.2, 0) is 6.16 Å². The molecule has 2 heterocycles.